The molecule has 0 aliphatic carbocycles. The summed E-state index contributed by atoms with van der Waals surface area (Å²) in [5.74, 6) is 0.705. The Morgan fingerprint density at radius 1 is 1.18 bits per heavy atom. The average Bonchev–Trinajstić information content (AvgIpc) is 2.34. The van der Waals surface area contributed by atoms with E-state index in [4.69, 9.17) is 9.47 Å². The van der Waals surface area contributed by atoms with E-state index < -0.39 is 0 Å². The van der Waals surface area contributed by atoms with Crippen LogP contribution in [0, 0.1) is 0 Å². The Kier molecular flexibility index (Phi) is 5.84. The van der Waals surface area contributed by atoms with Crippen LogP contribution in [0.1, 0.15) is 39.2 Å². The maximum atomic E-state index is 9.57. The van der Waals surface area contributed by atoms with E-state index >= 15 is 0 Å². The van der Waals surface area contributed by atoms with Gasteiger partial charge in [-0.05, 0) is 37.5 Å². The number of phenolic OH excluding ortho intramolecular Hbond substituents is 1. The van der Waals surface area contributed by atoms with Crippen molar-refractivity contribution >= 4 is 0 Å². The molecule has 0 atom stereocenters. The van der Waals surface area contributed by atoms with E-state index in [9.17, 15) is 5.11 Å². The monoisotopic (exact) mass is 238 g/mol. The summed E-state index contributed by atoms with van der Waals surface area (Å²) in [5, 5.41) is 9.57. The number of phenols is 1. The van der Waals surface area contributed by atoms with Gasteiger partial charge in [0.15, 0.2) is 11.5 Å². The summed E-state index contributed by atoms with van der Waals surface area (Å²) in [6.45, 7) is 7.25. The normalized spacial score (nSPS) is 10.8. The zero-order chi connectivity index (χ0) is 12.7. The van der Waals surface area contributed by atoms with Crippen molar-refractivity contribution in [1.82, 2.24) is 0 Å². The van der Waals surface area contributed by atoms with Gasteiger partial charge in [-0.1, -0.05) is 19.9 Å². The van der Waals surface area contributed by atoms with Crippen molar-refractivity contribution in [2.75, 3.05) is 6.61 Å². The Balaban J connectivity index is 2.62. The van der Waals surface area contributed by atoms with E-state index in [0.29, 0.717) is 25.1 Å². The molecule has 1 N–H and O–H groups in total. The fourth-order valence-corrected chi connectivity index (χ4v) is 1.66. The quantitative estimate of drug-likeness (QED) is 0.790. The van der Waals surface area contributed by atoms with Gasteiger partial charge < -0.3 is 14.6 Å². The average molecular weight is 238 g/mol. The van der Waals surface area contributed by atoms with Gasteiger partial charge in [-0.15, -0.1) is 0 Å². The lowest BCUT2D eigenvalue weighted by Crippen LogP contribution is -2.09. The van der Waals surface area contributed by atoms with Crippen LogP contribution in [0.15, 0.2) is 18.2 Å². The fourth-order valence-electron chi connectivity index (χ4n) is 1.66. The van der Waals surface area contributed by atoms with Crippen LogP contribution >= 0.6 is 0 Å². The molecule has 0 saturated heterocycles. The molecule has 0 radical (unpaired) electrons. The predicted octanol–water partition coefficient (Wildman–Crippen LogP) is 3.50. The van der Waals surface area contributed by atoms with E-state index in [2.05, 4.69) is 13.8 Å². The molecular weight excluding hydrogens is 216 g/mol. The Hall–Kier alpha value is -1.22. The van der Waals surface area contributed by atoms with Gasteiger partial charge in [0.25, 0.3) is 0 Å². The third kappa shape index (κ3) is 4.27. The summed E-state index contributed by atoms with van der Waals surface area (Å²) in [7, 11) is 0. The first-order valence-corrected chi connectivity index (χ1v) is 6.27. The minimum absolute atomic E-state index is 0.179. The summed E-state index contributed by atoms with van der Waals surface area (Å²) in [6, 6.07) is 5.35. The molecule has 0 heterocycles. The predicted molar refractivity (Wildman–Crippen MR) is 68.4 cm³/mol. The Morgan fingerprint density at radius 2 is 1.88 bits per heavy atom. The molecule has 0 spiro atoms. The van der Waals surface area contributed by atoms with Crippen molar-refractivity contribution in [3.63, 3.8) is 0 Å². The van der Waals surface area contributed by atoms with Gasteiger partial charge in [0.1, 0.15) is 0 Å². The first kappa shape index (κ1) is 13.8. The third-order valence-corrected chi connectivity index (χ3v) is 2.72. The molecule has 0 amide bonds. The summed E-state index contributed by atoms with van der Waals surface area (Å²) in [6.07, 6.45) is 2.35. The molecule has 17 heavy (non-hydrogen) atoms. The molecule has 0 aliphatic rings. The number of ether oxygens (including phenoxy) is 2. The first-order chi connectivity index (χ1) is 8.21. The maximum Gasteiger partial charge on any atom is 0.161 e. The molecule has 3 heteroatoms. The Morgan fingerprint density at radius 3 is 2.47 bits per heavy atom. The molecule has 0 unspecified atom stereocenters. The van der Waals surface area contributed by atoms with E-state index in [1.165, 1.54) is 0 Å². The van der Waals surface area contributed by atoms with Crippen LogP contribution in [0.3, 0.4) is 0 Å². The van der Waals surface area contributed by atoms with Gasteiger partial charge in [0.2, 0.25) is 0 Å². The number of rotatable bonds is 7. The largest absolute Gasteiger partial charge is 0.504 e. The third-order valence-electron chi connectivity index (χ3n) is 2.72. The van der Waals surface area contributed by atoms with Crippen LogP contribution in [0.5, 0.6) is 11.5 Å². The second kappa shape index (κ2) is 7.17. The van der Waals surface area contributed by atoms with Crippen molar-refractivity contribution in [2.45, 2.75) is 46.3 Å². The fraction of sp³-hybridized carbons (Fsp3) is 0.571. The van der Waals surface area contributed by atoms with Gasteiger partial charge in [-0.25, -0.2) is 0 Å². The molecule has 0 aliphatic heterocycles. The van der Waals surface area contributed by atoms with Gasteiger partial charge >= 0.3 is 0 Å². The summed E-state index contributed by atoms with van der Waals surface area (Å²) in [5.41, 5.74) is 1.03. The highest BCUT2D eigenvalue weighted by molar-refractivity contribution is 5.41. The lowest BCUT2D eigenvalue weighted by atomic mass is 10.2. The standard InChI is InChI=1S/C14H22O3/c1-4-12(5-2)17-10-11-7-8-13(15)14(9-11)16-6-3/h7-9,12,15H,4-6,10H2,1-3H3. The minimum Gasteiger partial charge on any atom is -0.504 e. The molecule has 0 aromatic heterocycles. The van der Waals surface area contributed by atoms with Crippen LogP contribution in [0.4, 0.5) is 0 Å². The van der Waals surface area contributed by atoms with Crippen molar-refractivity contribution in [3.05, 3.63) is 23.8 Å². The minimum atomic E-state index is 0.179. The lowest BCUT2D eigenvalue weighted by Gasteiger charge is -2.14. The second-order valence-electron chi connectivity index (χ2n) is 3.98. The highest BCUT2D eigenvalue weighted by Crippen LogP contribution is 2.27. The molecule has 1 rings (SSSR count). The molecule has 96 valence electrons. The number of aromatic hydroxyl groups is 1. The summed E-state index contributed by atoms with van der Waals surface area (Å²) >= 11 is 0. The zero-order valence-electron chi connectivity index (χ0n) is 10.9. The first-order valence-electron chi connectivity index (χ1n) is 6.27. The Labute approximate surface area is 103 Å². The molecule has 1 aromatic carbocycles. The van der Waals surface area contributed by atoms with Gasteiger partial charge in [-0.2, -0.15) is 0 Å². The molecule has 0 saturated carbocycles. The van der Waals surface area contributed by atoms with Crippen LogP contribution in [0.25, 0.3) is 0 Å². The molecular formula is C14H22O3. The molecule has 1 aromatic rings. The Bertz CT molecular complexity index is 332. The second-order valence-corrected chi connectivity index (χ2v) is 3.98. The van der Waals surface area contributed by atoms with Crippen molar-refractivity contribution in [2.24, 2.45) is 0 Å². The smallest absolute Gasteiger partial charge is 0.161 e. The van der Waals surface area contributed by atoms with E-state index in [-0.39, 0.29) is 5.75 Å². The number of hydrogen-bond acceptors (Lipinski definition) is 3. The highest BCUT2D eigenvalue weighted by atomic mass is 16.5. The van der Waals surface area contributed by atoms with Gasteiger partial charge in [0.05, 0.1) is 19.3 Å². The zero-order valence-corrected chi connectivity index (χ0v) is 10.9. The van der Waals surface area contributed by atoms with Gasteiger partial charge in [0, 0.05) is 0 Å². The molecule has 0 fully saturated rings. The number of benzene rings is 1. The van der Waals surface area contributed by atoms with E-state index in [1.54, 1.807) is 6.07 Å². The lowest BCUT2D eigenvalue weighted by molar-refractivity contribution is 0.0357. The van der Waals surface area contributed by atoms with Crippen molar-refractivity contribution < 1.29 is 14.6 Å². The van der Waals surface area contributed by atoms with Crippen LogP contribution < -0.4 is 4.74 Å². The van der Waals surface area contributed by atoms with E-state index in [0.717, 1.165) is 18.4 Å². The topological polar surface area (TPSA) is 38.7 Å². The summed E-state index contributed by atoms with van der Waals surface area (Å²) in [4.78, 5) is 0. The van der Waals surface area contributed by atoms with Crippen molar-refractivity contribution in [1.29, 1.82) is 0 Å². The maximum absolute atomic E-state index is 9.57. The van der Waals surface area contributed by atoms with Gasteiger partial charge in [-0.3, -0.25) is 0 Å². The molecule has 3 nitrogen and oxygen atoms in total. The number of hydrogen-bond donors (Lipinski definition) is 1. The SMILES string of the molecule is CCOc1cc(COC(CC)CC)ccc1O. The van der Waals surface area contributed by atoms with E-state index in [1.807, 2.05) is 19.1 Å². The van der Waals surface area contributed by atoms with Crippen LogP contribution in [0.2, 0.25) is 0 Å². The van der Waals surface area contributed by atoms with Crippen LogP contribution in [-0.2, 0) is 11.3 Å². The molecule has 0 bridgehead atoms. The summed E-state index contributed by atoms with van der Waals surface area (Å²) < 4.78 is 11.1. The van der Waals surface area contributed by atoms with Crippen molar-refractivity contribution in [3.8, 4) is 11.5 Å². The van der Waals surface area contributed by atoms with Crippen LogP contribution in [-0.4, -0.2) is 17.8 Å². The highest BCUT2D eigenvalue weighted by Gasteiger charge is 2.06.